The van der Waals surface area contributed by atoms with Crippen LogP contribution in [-0.2, 0) is 11.3 Å². The highest BCUT2D eigenvalue weighted by molar-refractivity contribution is 7.97. The first-order valence-corrected chi connectivity index (χ1v) is 8.47. The minimum absolute atomic E-state index is 0.0583. The first-order chi connectivity index (χ1) is 11.3. The van der Waals surface area contributed by atoms with E-state index in [0.717, 1.165) is 15.1 Å². The largest absolute Gasteiger partial charge is 0.324 e. The molecule has 6 nitrogen and oxygen atoms in total. The topological polar surface area (TPSA) is 67.2 Å². The fourth-order valence-electron chi connectivity index (χ4n) is 1.92. The van der Waals surface area contributed by atoms with E-state index < -0.39 is 5.56 Å². The molecule has 0 spiro atoms. The summed E-state index contributed by atoms with van der Waals surface area (Å²) in [5.41, 5.74) is 1.08. The second-order valence-corrected chi connectivity index (χ2v) is 7.34. The van der Waals surface area contributed by atoms with Gasteiger partial charge in [0.1, 0.15) is 11.6 Å². The Kier molecular flexibility index (Phi) is 6.28. The Hall–Kier alpha value is -1.54. The van der Waals surface area contributed by atoms with Gasteiger partial charge in [0.2, 0.25) is 5.91 Å². The summed E-state index contributed by atoms with van der Waals surface area (Å²) >= 11 is 13.1. The highest BCUT2D eigenvalue weighted by Gasteiger charge is 2.11. The smallest absolute Gasteiger partial charge is 0.287 e. The summed E-state index contributed by atoms with van der Waals surface area (Å²) in [4.78, 5) is 25.1. The summed E-state index contributed by atoms with van der Waals surface area (Å²) in [5, 5.41) is 6.44. The van der Waals surface area contributed by atoms with Gasteiger partial charge in [-0.2, -0.15) is 5.10 Å². The average Bonchev–Trinajstić information content (AvgIpc) is 2.50. The van der Waals surface area contributed by atoms with Gasteiger partial charge in [-0.3, -0.25) is 13.9 Å². The van der Waals surface area contributed by atoms with E-state index in [-0.39, 0.29) is 22.5 Å². The van der Waals surface area contributed by atoms with Crippen molar-refractivity contribution in [2.24, 2.45) is 0 Å². The molecule has 1 aromatic carbocycles. The van der Waals surface area contributed by atoms with Crippen molar-refractivity contribution in [3.63, 3.8) is 0 Å². The van der Waals surface area contributed by atoms with Gasteiger partial charge in [0.15, 0.2) is 0 Å². The lowest BCUT2D eigenvalue weighted by Crippen LogP contribution is -2.29. The standard InChI is InChI=1S/C15H16Cl2N4O2S/c1-9-6-10(4-5-12(9)24-20(2)3)19-13(22)8-21-15(23)14(17)11(16)7-18-21/h4-7H,8H2,1-3H3,(H,19,22). The molecule has 0 aliphatic heterocycles. The molecule has 0 aliphatic carbocycles. The summed E-state index contributed by atoms with van der Waals surface area (Å²) < 4.78 is 2.95. The minimum Gasteiger partial charge on any atom is -0.324 e. The third-order valence-corrected chi connectivity index (χ3v) is 4.74. The van der Waals surface area contributed by atoms with Gasteiger partial charge < -0.3 is 5.32 Å². The number of carbonyl (C=O) groups is 1. The molecule has 24 heavy (non-hydrogen) atoms. The van der Waals surface area contributed by atoms with Crippen LogP contribution >= 0.6 is 35.1 Å². The van der Waals surface area contributed by atoms with E-state index in [1.165, 1.54) is 6.20 Å². The molecule has 128 valence electrons. The van der Waals surface area contributed by atoms with Gasteiger partial charge in [-0.1, -0.05) is 23.2 Å². The van der Waals surface area contributed by atoms with E-state index in [9.17, 15) is 9.59 Å². The zero-order valence-electron chi connectivity index (χ0n) is 13.3. The second kappa shape index (κ2) is 8.02. The number of halogens is 2. The lowest BCUT2D eigenvalue weighted by Gasteiger charge is -2.13. The van der Waals surface area contributed by atoms with Crippen molar-refractivity contribution in [1.29, 1.82) is 0 Å². The van der Waals surface area contributed by atoms with Gasteiger partial charge in [-0.25, -0.2) is 4.68 Å². The number of carbonyl (C=O) groups excluding carboxylic acids is 1. The van der Waals surface area contributed by atoms with Crippen LogP contribution in [0.5, 0.6) is 0 Å². The van der Waals surface area contributed by atoms with E-state index in [0.29, 0.717) is 5.69 Å². The maximum absolute atomic E-state index is 12.1. The third-order valence-electron chi connectivity index (χ3n) is 2.98. The quantitative estimate of drug-likeness (QED) is 0.799. The SMILES string of the molecule is Cc1cc(NC(=O)Cn2ncc(Cl)c(Cl)c2=O)ccc1SN(C)C. The maximum atomic E-state index is 12.1. The number of hydrogen-bond acceptors (Lipinski definition) is 5. The molecule has 0 saturated carbocycles. The number of nitrogens with one attached hydrogen (secondary N) is 1. The fourth-order valence-corrected chi connectivity index (χ4v) is 2.92. The molecule has 0 bridgehead atoms. The molecule has 0 saturated heterocycles. The Labute approximate surface area is 153 Å². The van der Waals surface area contributed by atoms with E-state index in [2.05, 4.69) is 10.4 Å². The van der Waals surface area contributed by atoms with Crippen molar-refractivity contribution in [3.05, 3.63) is 50.4 Å². The van der Waals surface area contributed by atoms with E-state index in [1.807, 2.05) is 43.5 Å². The predicted octanol–water partition coefficient (Wildman–Crippen LogP) is 3.07. The van der Waals surface area contributed by atoms with Crippen molar-refractivity contribution in [2.75, 3.05) is 19.4 Å². The first kappa shape index (κ1) is 18.8. The van der Waals surface area contributed by atoms with Gasteiger partial charge in [0.05, 0.1) is 11.2 Å². The number of aromatic nitrogens is 2. The number of aryl methyl sites for hydroxylation is 1. The summed E-state index contributed by atoms with van der Waals surface area (Å²) in [6.45, 7) is 1.72. The molecule has 0 aliphatic rings. The third kappa shape index (κ3) is 4.73. The van der Waals surface area contributed by atoms with Gasteiger partial charge >= 0.3 is 0 Å². The Morgan fingerprint density at radius 1 is 1.38 bits per heavy atom. The molecule has 0 radical (unpaired) electrons. The van der Waals surface area contributed by atoms with Crippen LogP contribution in [0.4, 0.5) is 5.69 Å². The minimum atomic E-state index is -0.603. The van der Waals surface area contributed by atoms with Crippen molar-refractivity contribution in [1.82, 2.24) is 14.1 Å². The van der Waals surface area contributed by atoms with Crippen molar-refractivity contribution in [3.8, 4) is 0 Å². The van der Waals surface area contributed by atoms with E-state index in [1.54, 1.807) is 11.9 Å². The average molecular weight is 387 g/mol. The fraction of sp³-hybridized carbons (Fsp3) is 0.267. The van der Waals surface area contributed by atoms with Crippen molar-refractivity contribution >= 4 is 46.7 Å². The number of amides is 1. The molecule has 0 atom stereocenters. The van der Waals surface area contributed by atoms with Crippen LogP contribution in [0.1, 0.15) is 5.56 Å². The molecule has 0 fully saturated rings. The molecule has 9 heteroatoms. The molecular weight excluding hydrogens is 371 g/mol. The van der Waals surface area contributed by atoms with E-state index in [4.69, 9.17) is 23.2 Å². The number of hydrogen-bond donors (Lipinski definition) is 1. The zero-order valence-corrected chi connectivity index (χ0v) is 15.7. The van der Waals surface area contributed by atoms with Crippen LogP contribution in [0, 0.1) is 6.92 Å². The Balaban J connectivity index is 2.09. The van der Waals surface area contributed by atoms with Crippen LogP contribution in [0.2, 0.25) is 10.0 Å². The van der Waals surface area contributed by atoms with Gasteiger partial charge in [-0.05, 0) is 56.7 Å². The zero-order chi connectivity index (χ0) is 17.9. The highest BCUT2D eigenvalue weighted by Crippen LogP contribution is 2.26. The number of anilines is 1. The number of rotatable bonds is 5. The Morgan fingerprint density at radius 3 is 2.71 bits per heavy atom. The van der Waals surface area contributed by atoms with Crippen LogP contribution < -0.4 is 10.9 Å². The van der Waals surface area contributed by atoms with Crippen LogP contribution in [0.3, 0.4) is 0 Å². The first-order valence-electron chi connectivity index (χ1n) is 6.95. The van der Waals surface area contributed by atoms with E-state index >= 15 is 0 Å². The van der Waals surface area contributed by atoms with Gasteiger partial charge in [-0.15, -0.1) is 0 Å². The van der Waals surface area contributed by atoms with Crippen molar-refractivity contribution < 1.29 is 4.79 Å². The summed E-state index contributed by atoms with van der Waals surface area (Å²) in [6, 6.07) is 5.61. The lowest BCUT2D eigenvalue weighted by atomic mass is 10.2. The molecule has 0 unspecified atom stereocenters. The Bertz CT molecular complexity index is 824. The molecule has 1 amide bonds. The summed E-state index contributed by atoms with van der Waals surface area (Å²) in [6.07, 6.45) is 1.23. The van der Waals surface area contributed by atoms with Crippen LogP contribution in [-0.4, -0.2) is 34.1 Å². The molecule has 1 heterocycles. The van der Waals surface area contributed by atoms with Gasteiger partial charge in [0, 0.05) is 10.6 Å². The molecule has 1 N–H and O–H groups in total. The second-order valence-electron chi connectivity index (χ2n) is 5.20. The monoisotopic (exact) mass is 386 g/mol. The van der Waals surface area contributed by atoms with Gasteiger partial charge in [0.25, 0.3) is 5.56 Å². The van der Waals surface area contributed by atoms with Crippen molar-refractivity contribution in [2.45, 2.75) is 18.4 Å². The number of benzene rings is 1. The summed E-state index contributed by atoms with van der Waals surface area (Å²) in [5.74, 6) is -0.379. The Morgan fingerprint density at radius 2 is 2.08 bits per heavy atom. The maximum Gasteiger partial charge on any atom is 0.287 e. The summed E-state index contributed by atoms with van der Waals surface area (Å²) in [7, 11) is 3.92. The highest BCUT2D eigenvalue weighted by atomic mass is 35.5. The molecule has 2 rings (SSSR count). The molecular formula is C15H16Cl2N4O2S. The molecule has 1 aromatic heterocycles. The lowest BCUT2D eigenvalue weighted by molar-refractivity contribution is -0.117. The predicted molar refractivity (Wildman–Crippen MR) is 97.9 cm³/mol. The van der Waals surface area contributed by atoms with Crippen LogP contribution in [0.25, 0.3) is 0 Å². The number of nitrogens with zero attached hydrogens (tertiary/aromatic N) is 3. The normalized spacial score (nSPS) is 10.9. The van der Waals surface area contributed by atoms with Crippen LogP contribution in [0.15, 0.2) is 34.1 Å². The molecule has 2 aromatic rings.